The summed E-state index contributed by atoms with van der Waals surface area (Å²) < 4.78 is 17.4. The zero-order chi connectivity index (χ0) is 12.4. The molecular weight excluding hydrogens is 237 g/mol. The zero-order valence-corrected chi connectivity index (χ0v) is 10.6. The first-order valence-corrected chi connectivity index (χ1v) is 6.05. The van der Waals surface area contributed by atoms with Gasteiger partial charge in [-0.2, -0.15) is 4.37 Å². The van der Waals surface area contributed by atoms with E-state index in [-0.39, 0.29) is 5.82 Å². The largest absolute Gasteiger partial charge is 0.383 e. The topological polar surface area (TPSA) is 50.9 Å². The van der Waals surface area contributed by atoms with Gasteiger partial charge in [0.2, 0.25) is 0 Å². The fourth-order valence-corrected chi connectivity index (χ4v) is 2.27. The smallest absolute Gasteiger partial charge is 0.139 e. The van der Waals surface area contributed by atoms with Crippen LogP contribution in [-0.4, -0.2) is 4.37 Å². The Morgan fingerprint density at radius 2 is 1.94 bits per heavy atom. The molecule has 90 valence electrons. The lowest BCUT2D eigenvalue weighted by molar-refractivity contribution is 0.608. The molecule has 0 unspecified atom stereocenters. The van der Waals surface area contributed by atoms with Gasteiger partial charge in [-0.05, 0) is 42.1 Å². The quantitative estimate of drug-likeness (QED) is 0.881. The summed E-state index contributed by atoms with van der Waals surface area (Å²) >= 11 is 1.32. The molecular formula is C12H14FN3S. The average Bonchev–Trinajstić information content (AvgIpc) is 2.69. The van der Waals surface area contributed by atoms with Crippen LogP contribution in [0.4, 0.5) is 15.2 Å². The number of nitrogens with one attached hydrogen (secondary N) is 1. The summed E-state index contributed by atoms with van der Waals surface area (Å²) in [7, 11) is 0. The van der Waals surface area contributed by atoms with Crippen molar-refractivity contribution in [1.29, 1.82) is 0 Å². The summed E-state index contributed by atoms with van der Waals surface area (Å²) in [6.07, 6.45) is 0. The molecule has 0 fully saturated rings. The van der Waals surface area contributed by atoms with Crippen molar-refractivity contribution >= 4 is 22.4 Å². The first-order chi connectivity index (χ1) is 8.06. The third-order valence-electron chi connectivity index (χ3n) is 2.49. The van der Waals surface area contributed by atoms with E-state index in [4.69, 9.17) is 5.73 Å². The van der Waals surface area contributed by atoms with E-state index in [0.29, 0.717) is 23.5 Å². The molecule has 0 aliphatic carbocycles. The van der Waals surface area contributed by atoms with Crippen LogP contribution in [0.15, 0.2) is 18.2 Å². The standard InChI is InChI=1S/C12H14FN3S/c1-7-3-9(4-8(2)12(7)13)6-15-11-5-10(14)16-17-11/h3-5,15H,6H2,1-2H3,(H2,14,16). The molecule has 0 amide bonds. The molecule has 0 saturated carbocycles. The van der Waals surface area contributed by atoms with E-state index in [9.17, 15) is 4.39 Å². The number of nitrogens with zero attached hydrogens (tertiary/aromatic N) is 1. The van der Waals surface area contributed by atoms with Gasteiger partial charge in [0.1, 0.15) is 16.6 Å². The summed E-state index contributed by atoms with van der Waals surface area (Å²) in [5.41, 5.74) is 7.92. The van der Waals surface area contributed by atoms with Crippen LogP contribution >= 0.6 is 11.5 Å². The lowest BCUT2D eigenvalue weighted by Gasteiger charge is -2.07. The Morgan fingerprint density at radius 3 is 2.47 bits per heavy atom. The molecule has 1 heterocycles. The third kappa shape index (κ3) is 2.74. The molecule has 0 aliphatic rings. The highest BCUT2D eigenvalue weighted by atomic mass is 32.1. The van der Waals surface area contributed by atoms with Crippen LogP contribution in [0.2, 0.25) is 0 Å². The van der Waals surface area contributed by atoms with E-state index in [1.165, 1.54) is 11.5 Å². The molecule has 17 heavy (non-hydrogen) atoms. The monoisotopic (exact) mass is 251 g/mol. The molecule has 0 saturated heterocycles. The highest BCUT2D eigenvalue weighted by Gasteiger charge is 2.04. The number of anilines is 2. The maximum absolute atomic E-state index is 13.4. The Labute approximate surface area is 104 Å². The molecule has 0 radical (unpaired) electrons. The molecule has 0 spiro atoms. The summed E-state index contributed by atoms with van der Waals surface area (Å²) in [5.74, 6) is 0.389. The van der Waals surface area contributed by atoms with Gasteiger partial charge < -0.3 is 11.1 Å². The fraction of sp³-hybridized carbons (Fsp3) is 0.250. The minimum atomic E-state index is -0.129. The van der Waals surface area contributed by atoms with E-state index in [0.717, 1.165) is 10.6 Å². The Balaban J connectivity index is 2.09. The molecule has 2 aromatic rings. The molecule has 3 N–H and O–H groups in total. The number of hydrogen-bond donors (Lipinski definition) is 2. The van der Waals surface area contributed by atoms with Crippen molar-refractivity contribution in [2.75, 3.05) is 11.1 Å². The number of aromatic nitrogens is 1. The Bertz CT molecular complexity index is 513. The predicted molar refractivity (Wildman–Crippen MR) is 69.7 cm³/mol. The number of nitrogens with two attached hydrogens (primary N) is 1. The van der Waals surface area contributed by atoms with E-state index in [1.807, 2.05) is 12.1 Å². The minimum absolute atomic E-state index is 0.129. The predicted octanol–water partition coefficient (Wildman–Crippen LogP) is 3.09. The second kappa shape index (κ2) is 4.71. The molecule has 0 atom stereocenters. The van der Waals surface area contributed by atoms with Crippen LogP contribution in [0.5, 0.6) is 0 Å². The fourth-order valence-electron chi connectivity index (χ4n) is 1.70. The molecule has 5 heteroatoms. The van der Waals surface area contributed by atoms with E-state index in [2.05, 4.69) is 9.69 Å². The van der Waals surface area contributed by atoms with Crippen LogP contribution in [0, 0.1) is 19.7 Å². The van der Waals surface area contributed by atoms with Crippen LogP contribution in [0.25, 0.3) is 0 Å². The number of rotatable bonds is 3. The SMILES string of the molecule is Cc1cc(CNc2cc(N)ns2)cc(C)c1F. The third-order valence-corrected chi connectivity index (χ3v) is 3.25. The summed E-state index contributed by atoms with van der Waals surface area (Å²) in [6.45, 7) is 4.19. The summed E-state index contributed by atoms with van der Waals surface area (Å²) in [4.78, 5) is 0. The molecule has 1 aromatic carbocycles. The molecule has 0 aliphatic heterocycles. The van der Waals surface area contributed by atoms with Crippen molar-refractivity contribution in [2.24, 2.45) is 0 Å². The lowest BCUT2D eigenvalue weighted by Crippen LogP contribution is -2.00. The van der Waals surface area contributed by atoms with Crippen molar-refractivity contribution in [2.45, 2.75) is 20.4 Å². The number of aryl methyl sites for hydroxylation is 2. The van der Waals surface area contributed by atoms with E-state index in [1.54, 1.807) is 19.9 Å². The van der Waals surface area contributed by atoms with Gasteiger partial charge >= 0.3 is 0 Å². The molecule has 1 aromatic heterocycles. The van der Waals surface area contributed by atoms with Gasteiger partial charge in [0.15, 0.2) is 0 Å². The van der Waals surface area contributed by atoms with Crippen molar-refractivity contribution in [3.05, 3.63) is 40.7 Å². The number of hydrogen-bond acceptors (Lipinski definition) is 4. The minimum Gasteiger partial charge on any atom is -0.383 e. The van der Waals surface area contributed by atoms with E-state index < -0.39 is 0 Å². The van der Waals surface area contributed by atoms with Gasteiger partial charge in [0.25, 0.3) is 0 Å². The summed E-state index contributed by atoms with van der Waals surface area (Å²) in [6, 6.07) is 5.48. The van der Waals surface area contributed by atoms with Crippen molar-refractivity contribution in [1.82, 2.24) is 4.37 Å². The van der Waals surface area contributed by atoms with Crippen LogP contribution in [0.1, 0.15) is 16.7 Å². The van der Waals surface area contributed by atoms with Crippen LogP contribution in [-0.2, 0) is 6.54 Å². The van der Waals surface area contributed by atoms with Crippen molar-refractivity contribution in [3.8, 4) is 0 Å². The first-order valence-electron chi connectivity index (χ1n) is 5.28. The van der Waals surface area contributed by atoms with Crippen molar-refractivity contribution < 1.29 is 4.39 Å². The van der Waals surface area contributed by atoms with E-state index >= 15 is 0 Å². The van der Waals surface area contributed by atoms with Crippen LogP contribution in [0.3, 0.4) is 0 Å². The lowest BCUT2D eigenvalue weighted by atomic mass is 10.1. The van der Waals surface area contributed by atoms with Gasteiger partial charge in [-0.3, -0.25) is 0 Å². The maximum Gasteiger partial charge on any atom is 0.139 e. The summed E-state index contributed by atoms with van der Waals surface area (Å²) in [5, 5.41) is 4.13. The Hall–Kier alpha value is -1.62. The Morgan fingerprint density at radius 1 is 1.29 bits per heavy atom. The molecule has 3 nitrogen and oxygen atoms in total. The van der Waals surface area contributed by atoms with Gasteiger partial charge in [-0.1, -0.05) is 12.1 Å². The van der Waals surface area contributed by atoms with Gasteiger partial charge in [0.05, 0.1) is 0 Å². The number of halogens is 1. The number of benzene rings is 1. The normalized spacial score (nSPS) is 10.5. The first kappa shape index (κ1) is 11.9. The van der Waals surface area contributed by atoms with Crippen molar-refractivity contribution in [3.63, 3.8) is 0 Å². The number of nitrogen functional groups attached to an aromatic ring is 1. The average molecular weight is 251 g/mol. The van der Waals surface area contributed by atoms with Crippen LogP contribution < -0.4 is 11.1 Å². The highest BCUT2D eigenvalue weighted by molar-refractivity contribution is 7.10. The maximum atomic E-state index is 13.4. The zero-order valence-electron chi connectivity index (χ0n) is 9.75. The molecule has 0 bridgehead atoms. The Kier molecular flexibility index (Phi) is 3.28. The van der Waals surface area contributed by atoms with Gasteiger partial charge in [-0.15, -0.1) is 0 Å². The van der Waals surface area contributed by atoms with Gasteiger partial charge in [-0.25, -0.2) is 4.39 Å². The highest BCUT2D eigenvalue weighted by Crippen LogP contribution is 2.20. The molecule has 2 rings (SSSR count). The second-order valence-electron chi connectivity index (χ2n) is 4.01. The second-order valence-corrected chi connectivity index (χ2v) is 4.82. The van der Waals surface area contributed by atoms with Gasteiger partial charge in [0, 0.05) is 12.6 Å².